The minimum Gasteiger partial charge on any atom is -0.457 e. The molecule has 9 heteroatoms. The number of rotatable bonds is 44. The van der Waals surface area contributed by atoms with Crippen LogP contribution in [0.15, 0.2) is 97.2 Å². The van der Waals surface area contributed by atoms with Gasteiger partial charge in [-0.05, 0) is 89.9 Å². The Morgan fingerprint density at radius 2 is 0.883 bits per heavy atom. The molecule has 0 saturated heterocycles. The summed E-state index contributed by atoms with van der Waals surface area (Å²) in [5.41, 5.74) is 5.38. The Morgan fingerprint density at radius 1 is 0.500 bits per heavy atom. The van der Waals surface area contributed by atoms with E-state index >= 15 is 0 Å². The summed E-state index contributed by atoms with van der Waals surface area (Å²) in [4.78, 5) is 22.6. The lowest BCUT2D eigenvalue weighted by Gasteiger charge is -2.20. The summed E-state index contributed by atoms with van der Waals surface area (Å²) in [5, 5.41) is 0. The number of allylic oxidation sites excluding steroid dienone is 16. The summed E-state index contributed by atoms with van der Waals surface area (Å²) in [7, 11) is -4.29. The first kappa shape index (κ1) is 57.4. The topological polar surface area (TPSA) is 117 Å². The van der Waals surface area contributed by atoms with Crippen LogP contribution in [0.5, 0.6) is 0 Å². The summed E-state index contributed by atoms with van der Waals surface area (Å²) in [5.74, 6) is -0.350. The van der Waals surface area contributed by atoms with Crippen molar-refractivity contribution in [3.8, 4) is 0 Å². The largest absolute Gasteiger partial charge is 0.472 e. The molecule has 0 rings (SSSR count). The number of hydrogen-bond donors (Lipinski definition) is 2. The molecule has 0 aliphatic heterocycles. The molecule has 0 bridgehead atoms. The van der Waals surface area contributed by atoms with Gasteiger partial charge in [0, 0.05) is 19.6 Å². The van der Waals surface area contributed by atoms with Crippen molar-refractivity contribution < 1.29 is 32.8 Å². The molecule has 0 aliphatic rings. The lowest BCUT2D eigenvalue weighted by Crippen LogP contribution is -2.28. The van der Waals surface area contributed by atoms with Crippen LogP contribution >= 0.6 is 7.82 Å². The SMILES string of the molecule is CC/C=C\C/C=C\C/C=C\C/C=C\CCCCCCCCCCCOCC(COP(=O)(O)OCCN)OC(=O)CCCCCCCC/C=C\C/C=C\C/C=C\C/C=C\CC. The van der Waals surface area contributed by atoms with Gasteiger partial charge in [0.05, 0.1) is 19.8 Å². The maximum Gasteiger partial charge on any atom is 0.472 e. The Bertz CT molecular complexity index is 1240. The maximum absolute atomic E-state index is 12.6. The number of hydrogen-bond acceptors (Lipinski definition) is 7. The number of ether oxygens (including phenoxy) is 2. The van der Waals surface area contributed by atoms with Gasteiger partial charge in [-0.15, -0.1) is 0 Å². The highest BCUT2D eigenvalue weighted by atomic mass is 31.2. The number of nitrogens with two attached hydrogens (primary N) is 1. The molecule has 0 saturated carbocycles. The van der Waals surface area contributed by atoms with Gasteiger partial charge < -0.3 is 20.1 Å². The smallest absolute Gasteiger partial charge is 0.457 e. The Morgan fingerprint density at radius 3 is 1.32 bits per heavy atom. The molecule has 0 heterocycles. The van der Waals surface area contributed by atoms with Gasteiger partial charge in [-0.25, -0.2) is 4.57 Å². The zero-order valence-corrected chi connectivity index (χ0v) is 39.1. The van der Waals surface area contributed by atoms with Gasteiger partial charge in [0.25, 0.3) is 0 Å². The number of unbranched alkanes of at least 4 members (excludes halogenated alkanes) is 15. The molecule has 0 aliphatic carbocycles. The summed E-state index contributed by atoms with van der Waals surface area (Å²) in [6.45, 7) is 4.65. The van der Waals surface area contributed by atoms with Crippen LogP contribution in [0.4, 0.5) is 0 Å². The van der Waals surface area contributed by atoms with Crippen LogP contribution in [0.25, 0.3) is 0 Å². The normalized spacial score (nSPS) is 14.3. The second-order valence-corrected chi connectivity index (χ2v) is 16.7. The lowest BCUT2D eigenvalue weighted by atomic mass is 10.1. The monoisotopic (exact) mass is 858 g/mol. The van der Waals surface area contributed by atoms with E-state index in [-0.39, 0.29) is 32.3 Å². The molecule has 0 aromatic carbocycles. The Balaban J connectivity index is 4.04. The molecule has 2 atom stereocenters. The molecule has 0 aromatic rings. The first-order valence-electron chi connectivity index (χ1n) is 23.7. The fourth-order valence-electron chi connectivity index (χ4n) is 6.10. The van der Waals surface area contributed by atoms with E-state index in [2.05, 4.69) is 111 Å². The molecule has 3 N–H and O–H groups in total. The van der Waals surface area contributed by atoms with Crippen molar-refractivity contribution >= 4 is 13.8 Å². The average molecular weight is 858 g/mol. The molecule has 8 nitrogen and oxygen atoms in total. The molecular weight excluding hydrogens is 770 g/mol. The molecular formula is C51H88NO7P. The van der Waals surface area contributed by atoms with Crippen molar-refractivity contribution in [2.24, 2.45) is 5.73 Å². The molecule has 0 aromatic heterocycles. The van der Waals surface area contributed by atoms with Gasteiger partial charge in [-0.2, -0.15) is 0 Å². The van der Waals surface area contributed by atoms with Crippen LogP contribution < -0.4 is 5.73 Å². The number of carbonyl (C=O) groups is 1. The predicted molar refractivity (Wildman–Crippen MR) is 256 cm³/mol. The summed E-state index contributed by atoms with van der Waals surface area (Å²) >= 11 is 0. The van der Waals surface area contributed by atoms with Gasteiger partial charge in [-0.3, -0.25) is 13.8 Å². The zero-order chi connectivity index (χ0) is 43.7. The van der Waals surface area contributed by atoms with E-state index in [1.807, 2.05) is 0 Å². The van der Waals surface area contributed by atoms with Crippen LogP contribution in [0.2, 0.25) is 0 Å². The van der Waals surface area contributed by atoms with Crippen molar-refractivity contribution in [2.45, 2.75) is 187 Å². The fraction of sp³-hybridized carbons (Fsp3) is 0.667. The molecule has 2 unspecified atom stereocenters. The summed E-state index contributed by atoms with van der Waals surface area (Å²) in [6.07, 6.45) is 62.8. The third kappa shape index (κ3) is 46.5. The molecule has 0 spiro atoms. The van der Waals surface area contributed by atoms with E-state index in [0.29, 0.717) is 13.0 Å². The van der Waals surface area contributed by atoms with Crippen molar-refractivity contribution in [3.05, 3.63) is 97.2 Å². The average Bonchev–Trinajstić information content (AvgIpc) is 3.24. The van der Waals surface area contributed by atoms with Gasteiger partial charge >= 0.3 is 13.8 Å². The lowest BCUT2D eigenvalue weighted by molar-refractivity contribution is -0.154. The van der Waals surface area contributed by atoms with Crippen LogP contribution in [-0.2, 0) is 27.9 Å². The number of esters is 1. The first-order chi connectivity index (χ1) is 29.4. The van der Waals surface area contributed by atoms with E-state index < -0.39 is 13.9 Å². The van der Waals surface area contributed by atoms with E-state index in [9.17, 15) is 14.3 Å². The van der Waals surface area contributed by atoms with Crippen LogP contribution in [0, 0.1) is 0 Å². The minimum atomic E-state index is -4.29. The molecule has 60 heavy (non-hydrogen) atoms. The van der Waals surface area contributed by atoms with E-state index in [1.165, 1.54) is 64.2 Å². The third-order valence-electron chi connectivity index (χ3n) is 9.50. The van der Waals surface area contributed by atoms with Crippen LogP contribution in [0.3, 0.4) is 0 Å². The van der Waals surface area contributed by atoms with Crippen LogP contribution in [0.1, 0.15) is 181 Å². The van der Waals surface area contributed by atoms with Crippen molar-refractivity contribution in [1.29, 1.82) is 0 Å². The van der Waals surface area contributed by atoms with Crippen molar-refractivity contribution in [3.63, 3.8) is 0 Å². The molecule has 0 radical (unpaired) electrons. The van der Waals surface area contributed by atoms with E-state index in [0.717, 1.165) is 96.3 Å². The highest BCUT2D eigenvalue weighted by Gasteiger charge is 2.25. The maximum atomic E-state index is 12.6. The second-order valence-electron chi connectivity index (χ2n) is 15.2. The third-order valence-corrected chi connectivity index (χ3v) is 10.5. The first-order valence-corrected chi connectivity index (χ1v) is 25.2. The highest BCUT2D eigenvalue weighted by Crippen LogP contribution is 2.43. The minimum absolute atomic E-state index is 0.0912. The standard InChI is InChI=1S/C51H88NO7P/c1-3-5-7-9-11-13-15-17-19-21-23-24-25-27-29-31-33-35-37-39-41-43-46-56-48-50(49-58-60(54,55)57-47-45-52)59-51(53)44-42-40-38-36-34-32-30-28-26-22-20-18-16-14-12-10-8-6-4-2/h5-8,11-14,17-20,23-24,26,28,50H,3-4,9-10,15-16,21-22,25,27,29-49,52H2,1-2H3,(H,54,55)/b7-5-,8-6-,13-11-,14-12-,19-17-,20-18-,24-23-,28-26-. The van der Waals surface area contributed by atoms with Gasteiger partial charge in [0.2, 0.25) is 0 Å². The fourth-order valence-corrected chi connectivity index (χ4v) is 6.86. The van der Waals surface area contributed by atoms with Crippen molar-refractivity contribution in [1.82, 2.24) is 0 Å². The van der Waals surface area contributed by atoms with Crippen LogP contribution in [-0.4, -0.2) is 49.9 Å². The van der Waals surface area contributed by atoms with E-state index in [4.69, 9.17) is 24.3 Å². The predicted octanol–water partition coefficient (Wildman–Crippen LogP) is 14.6. The highest BCUT2D eigenvalue weighted by molar-refractivity contribution is 7.47. The zero-order valence-electron chi connectivity index (χ0n) is 38.2. The number of phosphoric acid groups is 1. The summed E-state index contributed by atoms with van der Waals surface area (Å²) in [6, 6.07) is 0. The Labute approximate surface area is 368 Å². The quantitative estimate of drug-likeness (QED) is 0.0269. The molecule has 0 amide bonds. The summed E-state index contributed by atoms with van der Waals surface area (Å²) < 4.78 is 33.5. The van der Waals surface area contributed by atoms with E-state index in [1.54, 1.807) is 0 Å². The molecule has 0 fully saturated rings. The second kappa shape index (κ2) is 47.5. The number of phosphoric ester groups is 1. The van der Waals surface area contributed by atoms with Gasteiger partial charge in [-0.1, -0.05) is 182 Å². The van der Waals surface area contributed by atoms with Gasteiger partial charge in [0.1, 0.15) is 6.10 Å². The van der Waals surface area contributed by atoms with Gasteiger partial charge in [0.15, 0.2) is 0 Å². The Kier molecular flexibility index (Phi) is 45.4. The number of carbonyl (C=O) groups excluding carboxylic acids is 1. The molecule has 344 valence electrons. The Hall–Kier alpha value is -2.58. The van der Waals surface area contributed by atoms with Crippen molar-refractivity contribution in [2.75, 3.05) is 33.0 Å².